The Bertz CT molecular complexity index is 572. The maximum absolute atomic E-state index is 11.6. The van der Waals surface area contributed by atoms with Gasteiger partial charge in [0.05, 0.1) is 13.3 Å². The van der Waals surface area contributed by atoms with Gasteiger partial charge in [-0.15, -0.1) is 0 Å². The number of hydrogen-bond acceptors (Lipinski definition) is 4. The Morgan fingerprint density at radius 2 is 2.05 bits per heavy atom. The van der Waals surface area contributed by atoms with E-state index < -0.39 is 5.97 Å². The van der Waals surface area contributed by atoms with Crippen molar-refractivity contribution >= 4 is 21.9 Å². The van der Waals surface area contributed by atoms with Crippen LogP contribution in [0, 0.1) is 0 Å². The Balaban J connectivity index is 2.18. The first-order chi connectivity index (χ1) is 9.20. The van der Waals surface area contributed by atoms with Crippen molar-refractivity contribution in [3.63, 3.8) is 0 Å². The van der Waals surface area contributed by atoms with Crippen LogP contribution in [0.1, 0.15) is 15.9 Å². The van der Waals surface area contributed by atoms with E-state index >= 15 is 0 Å². The van der Waals surface area contributed by atoms with Crippen LogP contribution in [-0.2, 0) is 11.3 Å². The molecular weight excluding hydrogens is 310 g/mol. The Hall–Kier alpha value is -1.88. The molecule has 0 spiro atoms. The SMILES string of the molecule is COC(=O)c1cc(Br)ncc1OCc1ccccc1. The van der Waals surface area contributed by atoms with Crippen molar-refractivity contribution in [2.75, 3.05) is 7.11 Å². The highest BCUT2D eigenvalue weighted by Gasteiger charge is 2.14. The van der Waals surface area contributed by atoms with Crippen molar-refractivity contribution in [1.29, 1.82) is 0 Å². The van der Waals surface area contributed by atoms with Gasteiger partial charge in [0, 0.05) is 0 Å². The van der Waals surface area contributed by atoms with Gasteiger partial charge in [0.2, 0.25) is 0 Å². The number of methoxy groups -OCH3 is 1. The number of rotatable bonds is 4. The quantitative estimate of drug-likeness (QED) is 0.641. The van der Waals surface area contributed by atoms with Gasteiger partial charge < -0.3 is 9.47 Å². The second-order valence-electron chi connectivity index (χ2n) is 3.77. The molecule has 4 nitrogen and oxygen atoms in total. The molecule has 2 rings (SSSR count). The first kappa shape index (κ1) is 13.5. The summed E-state index contributed by atoms with van der Waals surface area (Å²) >= 11 is 3.22. The lowest BCUT2D eigenvalue weighted by atomic mass is 10.2. The van der Waals surface area contributed by atoms with E-state index in [0.29, 0.717) is 22.5 Å². The summed E-state index contributed by atoms with van der Waals surface area (Å²) in [6.45, 7) is 0.369. The average molecular weight is 322 g/mol. The predicted molar refractivity (Wildman–Crippen MR) is 74.1 cm³/mol. The van der Waals surface area contributed by atoms with E-state index in [9.17, 15) is 4.79 Å². The second kappa shape index (κ2) is 6.33. The average Bonchev–Trinajstić information content (AvgIpc) is 2.46. The molecular formula is C14H12BrNO3. The zero-order valence-electron chi connectivity index (χ0n) is 10.3. The van der Waals surface area contributed by atoms with Gasteiger partial charge in [-0.2, -0.15) is 0 Å². The summed E-state index contributed by atoms with van der Waals surface area (Å²) in [5.74, 6) is -0.0509. The van der Waals surface area contributed by atoms with Crippen molar-refractivity contribution in [1.82, 2.24) is 4.98 Å². The van der Waals surface area contributed by atoms with Gasteiger partial charge in [0.15, 0.2) is 5.75 Å². The van der Waals surface area contributed by atoms with Crippen molar-refractivity contribution in [3.05, 3.63) is 58.3 Å². The summed E-state index contributed by atoms with van der Waals surface area (Å²) in [6.07, 6.45) is 1.50. The van der Waals surface area contributed by atoms with E-state index in [1.54, 1.807) is 6.07 Å². The smallest absolute Gasteiger partial charge is 0.341 e. The van der Waals surface area contributed by atoms with E-state index in [4.69, 9.17) is 9.47 Å². The van der Waals surface area contributed by atoms with E-state index in [1.165, 1.54) is 13.3 Å². The topological polar surface area (TPSA) is 48.4 Å². The Morgan fingerprint density at radius 1 is 1.32 bits per heavy atom. The number of ether oxygens (including phenoxy) is 2. The molecule has 1 aromatic heterocycles. The number of hydrogen-bond donors (Lipinski definition) is 0. The number of carbonyl (C=O) groups is 1. The predicted octanol–water partition coefficient (Wildman–Crippen LogP) is 3.21. The number of benzene rings is 1. The molecule has 0 aliphatic rings. The zero-order chi connectivity index (χ0) is 13.7. The van der Waals surface area contributed by atoms with Crippen LogP contribution < -0.4 is 4.74 Å². The lowest BCUT2D eigenvalue weighted by Gasteiger charge is -2.10. The molecule has 0 aliphatic heterocycles. The van der Waals surface area contributed by atoms with E-state index in [1.807, 2.05) is 30.3 Å². The minimum absolute atomic E-state index is 0.348. The second-order valence-corrected chi connectivity index (χ2v) is 4.58. The van der Waals surface area contributed by atoms with Crippen LogP contribution in [0.5, 0.6) is 5.75 Å². The summed E-state index contributed by atoms with van der Waals surface area (Å²) in [5, 5.41) is 0. The van der Waals surface area contributed by atoms with Gasteiger partial charge in [-0.3, -0.25) is 0 Å². The number of halogens is 1. The number of esters is 1. The van der Waals surface area contributed by atoms with Crippen molar-refractivity contribution in [3.8, 4) is 5.75 Å². The Morgan fingerprint density at radius 3 is 2.74 bits per heavy atom. The van der Waals surface area contributed by atoms with Crippen molar-refractivity contribution in [2.24, 2.45) is 0 Å². The highest BCUT2D eigenvalue weighted by molar-refractivity contribution is 9.10. The zero-order valence-corrected chi connectivity index (χ0v) is 11.9. The van der Waals surface area contributed by atoms with Crippen LogP contribution in [0.3, 0.4) is 0 Å². The number of nitrogens with zero attached hydrogens (tertiary/aromatic N) is 1. The molecule has 5 heteroatoms. The number of aromatic nitrogens is 1. The fourth-order valence-corrected chi connectivity index (χ4v) is 1.87. The van der Waals surface area contributed by atoms with E-state index in [-0.39, 0.29) is 0 Å². The molecule has 0 saturated carbocycles. The minimum Gasteiger partial charge on any atom is -0.486 e. The molecule has 0 amide bonds. The largest absolute Gasteiger partial charge is 0.486 e. The molecule has 19 heavy (non-hydrogen) atoms. The number of pyridine rings is 1. The van der Waals surface area contributed by atoms with E-state index in [2.05, 4.69) is 20.9 Å². The highest BCUT2D eigenvalue weighted by atomic mass is 79.9. The summed E-state index contributed by atoms with van der Waals surface area (Å²) in [7, 11) is 1.33. The summed E-state index contributed by atoms with van der Waals surface area (Å²) in [4.78, 5) is 15.7. The normalized spacial score (nSPS) is 10.0. The Labute approximate surface area is 119 Å². The third kappa shape index (κ3) is 3.54. The monoisotopic (exact) mass is 321 g/mol. The maximum Gasteiger partial charge on any atom is 0.341 e. The number of carbonyl (C=O) groups excluding carboxylic acids is 1. The third-order valence-electron chi connectivity index (χ3n) is 2.48. The molecule has 0 radical (unpaired) electrons. The van der Waals surface area contributed by atoms with Gasteiger partial charge in [0.1, 0.15) is 16.8 Å². The van der Waals surface area contributed by atoms with Crippen LogP contribution in [0.25, 0.3) is 0 Å². The van der Waals surface area contributed by atoms with Crippen LogP contribution in [0.4, 0.5) is 0 Å². The Kier molecular flexibility index (Phi) is 4.52. The van der Waals surface area contributed by atoms with Crippen LogP contribution in [-0.4, -0.2) is 18.1 Å². The molecule has 0 N–H and O–H groups in total. The summed E-state index contributed by atoms with van der Waals surface area (Å²) in [6, 6.07) is 11.3. The molecule has 0 fully saturated rings. The molecule has 2 aromatic rings. The van der Waals surface area contributed by atoms with Crippen LogP contribution in [0.15, 0.2) is 47.2 Å². The summed E-state index contributed by atoms with van der Waals surface area (Å²) in [5.41, 5.74) is 1.36. The molecule has 1 aromatic carbocycles. The van der Waals surface area contributed by atoms with Crippen molar-refractivity contribution in [2.45, 2.75) is 6.61 Å². The standard InChI is InChI=1S/C14H12BrNO3/c1-18-14(17)11-7-13(15)16-8-12(11)19-9-10-5-3-2-4-6-10/h2-8H,9H2,1H3. The molecule has 1 heterocycles. The molecule has 0 atom stereocenters. The fraction of sp³-hybridized carbons (Fsp3) is 0.143. The maximum atomic E-state index is 11.6. The van der Waals surface area contributed by atoms with Gasteiger partial charge >= 0.3 is 5.97 Å². The molecule has 0 unspecified atom stereocenters. The molecule has 98 valence electrons. The van der Waals surface area contributed by atoms with Crippen LogP contribution >= 0.6 is 15.9 Å². The lowest BCUT2D eigenvalue weighted by molar-refractivity contribution is 0.0595. The van der Waals surface area contributed by atoms with Gasteiger partial charge in [-0.25, -0.2) is 9.78 Å². The van der Waals surface area contributed by atoms with Gasteiger partial charge in [0.25, 0.3) is 0 Å². The third-order valence-corrected chi connectivity index (χ3v) is 2.91. The first-order valence-electron chi connectivity index (χ1n) is 5.61. The van der Waals surface area contributed by atoms with Gasteiger partial charge in [-0.05, 0) is 27.6 Å². The summed E-state index contributed by atoms with van der Waals surface area (Å²) < 4.78 is 10.9. The van der Waals surface area contributed by atoms with Crippen molar-refractivity contribution < 1.29 is 14.3 Å². The van der Waals surface area contributed by atoms with Gasteiger partial charge in [-0.1, -0.05) is 30.3 Å². The lowest BCUT2D eigenvalue weighted by Crippen LogP contribution is -2.06. The highest BCUT2D eigenvalue weighted by Crippen LogP contribution is 2.22. The first-order valence-corrected chi connectivity index (χ1v) is 6.40. The molecule has 0 aliphatic carbocycles. The molecule has 0 saturated heterocycles. The van der Waals surface area contributed by atoms with Crippen LogP contribution in [0.2, 0.25) is 0 Å². The fourth-order valence-electron chi connectivity index (χ4n) is 1.54. The molecule has 0 bridgehead atoms. The van der Waals surface area contributed by atoms with E-state index in [0.717, 1.165) is 5.56 Å². The minimum atomic E-state index is -0.453.